The maximum Gasteiger partial charge on any atom is 0.123 e. The van der Waals surface area contributed by atoms with E-state index in [0.717, 1.165) is 5.56 Å². The predicted molar refractivity (Wildman–Crippen MR) is 61.9 cm³/mol. The minimum atomic E-state index is -0.259. The summed E-state index contributed by atoms with van der Waals surface area (Å²) in [4.78, 5) is 0. The highest BCUT2D eigenvalue weighted by Gasteiger charge is 1.98. The van der Waals surface area contributed by atoms with Gasteiger partial charge in [-0.15, -0.1) is 0 Å². The molecule has 0 spiro atoms. The molecule has 1 radical (unpaired) electrons. The van der Waals surface area contributed by atoms with Gasteiger partial charge in [-0.2, -0.15) is 0 Å². The van der Waals surface area contributed by atoms with Crippen LogP contribution in [0.2, 0.25) is 0 Å². The molecule has 0 aliphatic carbocycles. The molecule has 2 rings (SSSR count). The fourth-order valence-electron chi connectivity index (χ4n) is 1.42. The Kier molecular flexibility index (Phi) is 3.73. The first-order valence-electron chi connectivity index (χ1n) is 5.26. The van der Waals surface area contributed by atoms with E-state index < -0.39 is 0 Å². The monoisotopic (exact) mass is 231 g/mol. The molecule has 3 heteroatoms. The van der Waals surface area contributed by atoms with Crippen LogP contribution in [0.1, 0.15) is 11.1 Å². The molecule has 87 valence electrons. The summed E-state index contributed by atoms with van der Waals surface area (Å²) in [5.41, 5.74) is 1.58. The molecular weight excluding hydrogens is 219 g/mol. The molecule has 0 aliphatic rings. The van der Waals surface area contributed by atoms with Gasteiger partial charge in [0.15, 0.2) is 0 Å². The second-order valence-electron chi connectivity index (χ2n) is 3.62. The highest BCUT2D eigenvalue weighted by atomic mass is 19.1. The molecule has 0 aliphatic heterocycles. The summed E-state index contributed by atoms with van der Waals surface area (Å²) in [6.07, 6.45) is 0. The lowest BCUT2D eigenvalue weighted by Crippen LogP contribution is -1.96. The van der Waals surface area contributed by atoms with E-state index in [2.05, 4.69) is 6.07 Å². The van der Waals surface area contributed by atoms with Crippen molar-refractivity contribution >= 4 is 0 Å². The largest absolute Gasteiger partial charge is 0.489 e. The molecular formula is C14H12FO2. The van der Waals surface area contributed by atoms with Crippen LogP contribution in [-0.2, 0) is 13.2 Å². The van der Waals surface area contributed by atoms with Gasteiger partial charge in [0.05, 0.1) is 6.61 Å². The molecule has 0 saturated carbocycles. The third kappa shape index (κ3) is 3.29. The first-order chi connectivity index (χ1) is 8.28. The van der Waals surface area contributed by atoms with E-state index in [-0.39, 0.29) is 12.4 Å². The highest BCUT2D eigenvalue weighted by Crippen LogP contribution is 2.15. The number of hydrogen-bond donors (Lipinski definition) is 1. The van der Waals surface area contributed by atoms with E-state index in [4.69, 9.17) is 9.84 Å². The van der Waals surface area contributed by atoms with Crippen molar-refractivity contribution < 1.29 is 14.2 Å². The molecule has 0 atom stereocenters. The molecule has 0 unspecified atom stereocenters. The third-order valence-corrected chi connectivity index (χ3v) is 2.32. The van der Waals surface area contributed by atoms with E-state index >= 15 is 0 Å². The van der Waals surface area contributed by atoms with Gasteiger partial charge in [0.2, 0.25) is 0 Å². The predicted octanol–water partition coefficient (Wildman–Crippen LogP) is 2.70. The van der Waals surface area contributed by atoms with Crippen LogP contribution in [0, 0.1) is 11.9 Å². The van der Waals surface area contributed by atoms with Crippen LogP contribution in [0.4, 0.5) is 4.39 Å². The smallest absolute Gasteiger partial charge is 0.123 e. The lowest BCUT2D eigenvalue weighted by Gasteiger charge is -2.07. The Morgan fingerprint density at radius 1 is 1.18 bits per heavy atom. The fourth-order valence-corrected chi connectivity index (χ4v) is 1.42. The summed E-state index contributed by atoms with van der Waals surface area (Å²) in [7, 11) is 0. The van der Waals surface area contributed by atoms with Crippen molar-refractivity contribution in [2.75, 3.05) is 0 Å². The standard InChI is InChI=1S/C14H12FO2/c15-13-6-4-11(5-7-13)10-17-14-3-1-2-12(8-14)9-16/h1,3-8,16H,9-10H2. The van der Waals surface area contributed by atoms with E-state index in [1.807, 2.05) is 0 Å². The molecule has 2 aromatic rings. The van der Waals surface area contributed by atoms with Crippen molar-refractivity contribution in [1.29, 1.82) is 0 Å². The van der Waals surface area contributed by atoms with Gasteiger partial charge >= 0.3 is 0 Å². The van der Waals surface area contributed by atoms with Gasteiger partial charge in [-0.25, -0.2) is 4.39 Å². The van der Waals surface area contributed by atoms with Crippen LogP contribution in [0.15, 0.2) is 42.5 Å². The van der Waals surface area contributed by atoms with Crippen LogP contribution >= 0.6 is 0 Å². The van der Waals surface area contributed by atoms with Crippen molar-refractivity contribution in [1.82, 2.24) is 0 Å². The quantitative estimate of drug-likeness (QED) is 0.876. The molecule has 0 fully saturated rings. The van der Waals surface area contributed by atoms with Crippen LogP contribution < -0.4 is 4.74 Å². The average Bonchev–Trinajstić information content (AvgIpc) is 2.38. The Bertz CT molecular complexity index is 480. The van der Waals surface area contributed by atoms with Gasteiger partial charge < -0.3 is 9.84 Å². The molecule has 2 aromatic carbocycles. The van der Waals surface area contributed by atoms with Crippen LogP contribution in [0.5, 0.6) is 5.75 Å². The number of benzene rings is 2. The Morgan fingerprint density at radius 2 is 1.94 bits per heavy atom. The number of aliphatic hydroxyl groups is 1. The molecule has 0 saturated heterocycles. The summed E-state index contributed by atoms with van der Waals surface area (Å²) in [6.45, 7) is 0.308. The molecule has 2 nitrogen and oxygen atoms in total. The average molecular weight is 231 g/mol. The minimum Gasteiger partial charge on any atom is -0.489 e. The molecule has 1 N–H and O–H groups in total. The summed E-state index contributed by atoms with van der Waals surface area (Å²) < 4.78 is 18.2. The second-order valence-corrected chi connectivity index (χ2v) is 3.62. The second kappa shape index (κ2) is 5.46. The van der Waals surface area contributed by atoms with Gasteiger partial charge in [0.25, 0.3) is 0 Å². The number of halogens is 1. The topological polar surface area (TPSA) is 29.5 Å². The molecule has 17 heavy (non-hydrogen) atoms. The maximum absolute atomic E-state index is 12.7. The lowest BCUT2D eigenvalue weighted by atomic mass is 10.2. The van der Waals surface area contributed by atoms with Crippen molar-refractivity contribution in [3.63, 3.8) is 0 Å². The molecule has 0 bridgehead atoms. The minimum absolute atomic E-state index is 0.0618. The Hall–Kier alpha value is -1.87. The first kappa shape index (κ1) is 11.6. The van der Waals surface area contributed by atoms with Crippen molar-refractivity contribution in [3.8, 4) is 5.75 Å². The Labute approximate surface area is 99.3 Å². The summed E-state index contributed by atoms with van der Waals surface area (Å²) in [6, 6.07) is 14.2. The normalized spacial score (nSPS) is 10.2. The summed E-state index contributed by atoms with van der Waals surface area (Å²) >= 11 is 0. The highest BCUT2D eigenvalue weighted by molar-refractivity contribution is 5.27. The van der Waals surface area contributed by atoms with E-state index in [1.54, 1.807) is 30.3 Å². The maximum atomic E-state index is 12.7. The first-order valence-corrected chi connectivity index (χ1v) is 5.26. The number of ether oxygens (including phenoxy) is 1. The lowest BCUT2D eigenvalue weighted by molar-refractivity contribution is 0.277. The van der Waals surface area contributed by atoms with E-state index in [9.17, 15) is 4.39 Å². The fraction of sp³-hybridized carbons (Fsp3) is 0.143. The zero-order valence-electron chi connectivity index (χ0n) is 9.19. The zero-order chi connectivity index (χ0) is 12.1. The number of aliphatic hydroxyl groups excluding tert-OH is 1. The Morgan fingerprint density at radius 3 is 2.65 bits per heavy atom. The number of hydrogen-bond acceptors (Lipinski definition) is 2. The van der Waals surface area contributed by atoms with E-state index in [0.29, 0.717) is 17.9 Å². The van der Waals surface area contributed by atoms with Gasteiger partial charge in [-0.1, -0.05) is 18.2 Å². The van der Waals surface area contributed by atoms with E-state index in [1.165, 1.54) is 12.1 Å². The van der Waals surface area contributed by atoms with Crippen LogP contribution in [-0.4, -0.2) is 5.11 Å². The molecule has 0 heterocycles. The Balaban J connectivity index is 1.99. The van der Waals surface area contributed by atoms with Gasteiger partial charge in [-0.05, 0) is 41.5 Å². The van der Waals surface area contributed by atoms with Gasteiger partial charge in [-0.3, -0.25) is 0 Å². The third-order valence-electron chi connectivity index (χ3n) is 2.32. The number of rotatable bonds is 4. The van der Waals surface area contributed by atoms with Gasteiger partial charge in [0.1, 0.15) is 18.2 Å². The molecule has 0 aromatic heterocycles. The summed E-state index contributed by atoms with van der Waals surface area (Å²) in [5, 5.41) is 8.95. The van der Waals surface area contributed by atoms with Gasteiger partial charge in [0, 0.05) is 0 Å². The van der Waals surface area contributed by atoms with Crippen molar-refractivity contribution in [2.45, 2.75) is 13.2 Å². The van der Waals surface area contributed by atoms with Crippen molar-refractivity contribution in [2.24, 2.45) is 0 Å². The zero-order valence-corrected chi connectivity index (χ0v) is 9.19. The van der Waals surface area contributed by atoms with Crippen molar-refractivity contribution in [3.05, 3.63) is 65.5 Å². The SMILES string of the molecule is OCc1[c]ccc(OCc2ccc(F)cc2)c1. The molecule has 0 amide bonds. The summed E-state index contributed by atoms with van der Waals surface area (Å²) in [5.74, 6) is 0.405. The van der Waals surface area contributed by atoms with Crippen LogP contribution in [0.25, 0.3) is 0 Å². The van der Waals surface area contributed by atoms with Crippen LogP contribution in [0.3, 0.4) is 0 Å².